The van der Waals surface area contributed by atoms with E-state index in [1.54, 1.807) is 16.7 Å². The molecule has 0 radical (unpaired) electrons. The fourth-order valence-electron chi connectivity index (χ4n) is 3.40. The summed E-state index contributed by atoms with van der Waals surface area (Å²) in [6.07, 6.45) is 0.885. The molecule has 2 aliphatic rings. The lowest BCUT2D eigenvalue weighted by Crippen LogP contribution is -2.38. The van der Waals surface area contributed by atoms with Gasteiger partial charge in [-0.25, -0.2) is 0 Å². The quantitative estimate of drug-likeness (QED) is 0.915. The van der Waals surface area contributed by atoms with E-state index < -0.39 is 5.60 Å². The van der Waals surface area contributed by atoms with Gasteiger partial charge in [-0.2, -0.15) is 0 Å². The third kappa shape index (κ3) is 3.55. The van der Waals surface area contributed by atoms with Crippen molar-refractivity contribution in [2.75, 3.05) is 19.6 Å². The second-order valence-electron chi connectivity index (χ2n) is 7.17. The van der Waals surface area contributed by atoms with Gasteiger partial charge in [-0.1, -0.05) is 29.8 Å². The number of aliphatic hydroxyl groups is 1. The number of hydrogen-bond donors (Lipinski definition) is 1. The minimum atomic E-state index is -0.792. The fourth-order valence-corrected chi connectivity index (χ4v) is 3.40. The molecule has 2 amide bonds. The molecule has 2 saturated heterocycles. The minimum Gasteiger partial charge on any atom is -0.388 e. The van der Waals surface area contributed by atoms with Crippen LogP contribution in [-0.4, -0.2) is 52.0 Å². The molecule has 0 spiro atoms. The Labute approximate surface area is 136 Å². The van der Waals surface area contributed by atoms with Crippen LogP contribution in [0.5, 0.6) is 0 Å². The predicted molar refractivity (Wildman–Crippen MR) is 86.5 cm³/mol. The van der Waals surface area contributed by atoms with Crippen molar-refractivity contribution in [3.63, 3.8) is 0 Å². The van der Waals surface area contributed by atoms with Gasteiger partial charge in [0.2, 0.25) is 11.8 Å². The molecule has 2 atom stereocenters. The molecule has 0 aromatic heterocycles. The highest BCUT2D eigenvalue weighted by Gasteiger charge is 2.40. The van der Waals surface area contributed by atoms with E-state index >= 15 is 0 Å². The van der Waals surface area contributed by atoms with Crippen molar-refractivity contribution in [1.82, 2.24) is 9.80 Å². The van der Waals surface area contributed by atoms with Crippen molar-refractivity contribution < 1.29 is 14.7 Å². The lowest BCUT2D eigenvalue weighted by molar-refractivity contribution is -0.135. The number of β-amino-alcohol motifs (C(OH)–C–C–N with tert-alkyl or cyclic N) is 1. The molecular weight excluding hydrogens is 292 g/mol. The largest absolute Gasteiger partial charge is 0.388 e. The second kappa shape index (κ2) is 5.96. The summed E-state index contributed by atoms with van der Waals surface area (Å²) in [6.45, 7) is 5.77. The fraction of sp³-hybridized carbons (Fsp3) is 0.556. The topological polar surface area (TPSA) is 60.9 Å². The van der Waals surface area contributed by atoms with Crippen LogP contribution in [0.15, 0.2) is 24.3 Å². The van der Waals surface area contributed by atoms with Crippen molar-refractivity contribution in [3.8, 4) is 0 Å². The number of rotatable bonds is 3. The third-order valence-corrected chi connectivity index (χ3v) is 4.82. The standard InChI is InChI=1S/C18H24N2O3/c1-13-3-5-14(6-4-13)10-20-11-15(9-16(20)21)17(22)19-8-7-18(2,23)12-19/h3-6,15,23H,7-12H2,1-2H3/t15-,18-/m1/s1. The van der Waals surface area contributed by atoms with Crippen LogP contribution in [0.4, 0.5) is 0 Å². The Morgan fingerprint density at radius 2 is 2.04 bits per heavy atom. The average molecular weight is 316 g/mol. The van der Waals surface area contributed by atoms with E-state index in [4.69, 9.17) is 0 Å². The number of amides is 2. The maximum Gasteiger partial charge on any atom is 0.228 e. The summed E-state index contributed by atoms with van der Waals surface area (Å²) in [7, 11) is 0. The van der Waals surface area contributed by atoms with Crippen LogP contribution in [-0.2, 0) is 16.1 Å². The van der Waals surface area contributed by atoms with E-state index in [-0.39, 0.29) is 24.2 Å². The van der Waals surface area contributed by atoms with Crippen LogP contribution < -0.4 is 0 Å². The maximum atomic E-state index is 12.6. The Balaban J connectivity index is 1.61. The summed E-state index contributed by atoms with van der Waals surface area (Å²) in [4.78, 5) is 28.2. The van der Waals surface area contributed by atoms with Crippen molar-refractivity contribution in [2.24, 2.45) is 5.92 Å². The molecule has 0 unspecified atom stereocenters. The second-order valence-corrected chi connectivity index (χ2v) is 7.17. The number of benzene rings is 1. The van der Waals surface area contributed by atoms with Crippen LogP contribution in [0, 0.1) is 12.8 Å². The Hall–Kier alpha value is -1.88. The highest BCUT2D eigenvalue weighted by molar-refractivity contribution is 5.89. The average Bonchev–Trinajstić information content (AvgIpc) is 3.04. The lowest BCUT2D eigenvalue weighted by atomic mass is 10.1. The van der Waals surface area contributed by atoms with Crippen molar-refractivity contribution in [3.05, 3.63) is 35.4 Å². The first-order valence-electron chi connectivity index (χ1n) is 8.18. The Bertz CT molecular complexity index is 609. The molecule has 2 aliphatic heterocycles. The number of aryl methyl sites for hydroxylation is 1. The lowest BCUT2D eigenvalue weighted by Gasteiger charge is -2.22. The van der Waals surface area contributed by atoms with E-state index in [9.17, 15) is 14.7 Å². The zero-order valence-corrected chi connectivity index (χ0v) is 13.8. The van der Waals surface area contributed by atoms with Crippen molar-refractivity contribution >= 4 is 11.8 Å². The van der Waals surface area contributed by atoms with E-state index in [1.165, 1.54) is 5.56 Å². The van der Waals surface area contributed by atoms with Crippen molar-refractivity contribution in [1.29, 1.82) is 0 Å². The zero-order chi connectivity index (χ0) is 16.6. The van der Waals surface area contributed by atoms with Gasteiger partial charge in [0, 0.05) is 32.6 Å². The van der Waals surface area contributed by atoms with Gasteiger partial charge in [-0.15, -0.1) is 0 Å². The molecular formula is C18H24N2O3. The molecule has 23 heavy (non-hydrogen) atoms. The van der Waals surface area contributed by atoms with E-state index in [1.807, 2.05) is 31.2 Å². The van der Waals surface area contributed by atoms with Crippen LogP contribution in [0.1, 0.15) is 30.9 Å². The maximum absolute atomic E-state index is 12.6. The van der Waals surface area contributed by atoms with Gasteiger partial charge < -0.3 is 14.9 Å². The highest BCUT2D eigenvalue weighted by atomic mass is 16.3. The smallest absolute Gasteiger partial charge is 0.228 e. The molecule has 1 N–H and O–H groups in total. The van der Waals surface area contributed by atoms with Gasteiger partial charge in [-0.05, 0) is 25.8 Å². The SMILES string of the molecule is Cc1ccc(CN2C[C@H](C(=O)N3CC[C@@](C)(O)C3)CC2=O)cc1. The van der Waals surface area contributed by atoms with Crippen LogP contribution in [0.3, 0.4) is 0 Å². The normalized spacial score (nSPS) is 27.8. The molecule has 2 fully saturated rings. The van der Waals surface area contributed by atoms with E-state index in [0.717, 1.165) is 5.56 Å². The van der Waals surface area contributed by atoms with Crippen molar-refractivity contribution in [2.45, 2.75) is 38.8 Å². The monoisotopic (exact) mass is 316 g/mol. The summed E-state index contributed by atoms with van der Waals surface area (Å²) in [5.74, 6) is -0.237. The zero-order valence-electron chi connectivity index (χ0n) is 13.8. The molecule has 2 heterocycles. The van der Waals surface area contributed by atoms with Crippen LogP contribution in [0.25, 0.3) is 0 Å². The van der Waals surface area contributed by atoms with Gasteiger partial charge in [0.25, 0.3) is 0 Å². The summed E-state index contributed by atoms with van der Waals surface area (Å²) >= 11 is 0. The van der Waals surface area contributed by atoms with Crippen LogP contribution >= 0.6 is 0 Å². The molecule has 0 bridgehead atoms. The van der Waals surface area contributed by atoms with Crippen LogP contribution in [0.2, 0.25) is 0 Å². The van der Waals surface area contributed by atoms with Gasteiger partial charge in [0.1, 0.15) is 0 Å². The van der Waals surface area contributed by atoms with E-state index in [2.05, 4.69) is 0 Å². The number of carbonyl (C=O) groups excluding carboxylic acids is 2. The van der Waals surface area contributed by atoms with Gasteiger partial charge in [-0.3, -0.25) is 9.59 Å². The van der Waals surface area contributed by atoms with Gasteiger partial charge >= 0.3 is 0 Å². The van der Waals surface area contributed by atoms with Gasteiger partial charge in [0.05, 0.1) is 11.5 Å². The first-order chi connectivity index (χ1) is 10.8. The Kier molecular flexibility index (Phi) is 4.15. The third-order valence-electron chi connectivity index (χ3n) is 4.82. The number of hydrogen-bond acceptors (Lipinski definition) is 3. The van der Waals surface area contributed by atoms with E-state index in [0.29, 0.717) is 32.6 Å². The molecule has 1 aromatic rings. The summed E-state index contributed by atoms with van der Waals surface area (Å²) in [5.41, 5.74) is 1.48. The summed E-state index contributed by atoms with van der Waals surface area (Å²) in [5, 5.41) is 10.0. The Morgan fingerprint density at radius 1 is 1.35 bits per heavy atom. The Morgan fingerprint density at radius 3 is 2.65 bits per heavy atom. The molecule has 0 saturated carbocycles. The molecule has 5 heteroatoms. The summed E-state index contributed by atoms with van der Waals surface area (Å²) < 4.78 is 0. The number of likely N-dealkylation sites (tertiary alicyclic amines) is 2. The minimum absolute atomic E-state index is 0.00234. The van der Waals surface area contributed by atoms with Gasteiger partial charge in [0.15, 0.2) is 0 Å². The highest BCUT2D eigenvalue weighted by Crippen LogP contribution is 2.26. The molecule has 5 nitrogen and oxygen atoms in total. The molecule has 1 aromatic carbocycles. The predicted octanol–water partition coefficient (Wildman–Crippen LogP) is 1.33. The first kappa shape index (κ1) is 16.0. The molecule has 124 valence electrons. The molecule has 3 rings (SSSR count). The number of carbonyl (C=O) groups is 2. The first-order valence-corrected chi connectivity index (χ1v) is 8.18. The number of nitrogens with zero attached hydrogens (tertiary/aromatic N) is 2. The molecule has 0 aliphatic carbocycles. The summed E-state index contributed by atoms with van der Waals surface area (Å²) in [6, 6.07) is 8.11.